The van der Waals surface area contributed by atoms with Gasteiger partial charge in [-0.2, -0.15) is 0 Å². The first-order chi connectivity index (χ1) is 14.2. The van der Waals surface area contributed by atoms with Gasteiger partial charge in [-0.1, -0.05) is 30.3 Å². The van der Waals surface area contributed by atoms with Gasteiger partial charge in [0.25, 0.3) is 5.91 Å². The molecule has 29 heavy (non-hydrogen) atoms. The minimum absolute atomic E-state index is 0.0813. The number of fused-ring (bicyclic) bond motifs is 1. The zero-order chi connectivity index (χ0) is 20.1. The van der Waals surface area contributed by atoms with Crippen LogP contribution in [-0.4, -0.2) is 35.5 Å². The second kappa shape index (κ2) is 8.65. The maximum Gasteiger partial charge on any atom is 0.272 e. The van der Waals surface area contributed by atoms with E-state index in [4.69, 9.17) is 9.47 Å². The van der Waals surface area contributed by atoms with E-state index in [1.807, 2.05) is 61.5 Å². The third kappa shape index (κ3) is 4.48. The lowest BCUT2D eigenvalue weighted by Crippen LogP contribution is -2.30. The van der Waals surface area contributed by atoms with E-state index in [-0.39, 0.29) is 5.91 Å². The van der Waals surface area contributed by atoms with Crippen LogP contribution < -0.4 is 14.8 Å². The second-order valence-corrected chi connectivity index (χ2v) is 6.72. The van der Waals surface area contributed by atoms with Crippen LogP contribution in [0.4, 0.5) is 11.4 Å². The van der Waals surface area contributed by atoms with Gasteiger partial charge < -0.3 is 19.7 Å². The fraction of sp³-hybridized carbons (Fsp3) is 0.217. The molecule has 1 N–H and O–H groups in total. The van der Waals surface area contributed by atoms with Gasteiger partial charge in [-0.15, -0.1) is 0 Å². The number of rotatable bonds is 6. The van der Waals surface area contributed by atoms with Gasteiger partial charge in [0, 0.05) is 24.8 Å². The highest BCUT2D eigenvalue weighted by atomic mass is 16.6. The van der Waals surface area contributed by atoms with Crippen LogP contribution >= 0.6 is 0 Å². The summed E-state index contributed by atoms with van der Waals surface area (Å²) < 4.78 is 11.1. The molecule has 0 unspecified atom stereocenters. The van der Waals surface area contributed by atoms with Crippen molar-refractivity contribution in [3.8, 4) is 11.5 Å². The molecule has 1 aliphatic heterocycles. The Balaban J connectivity index is 1.43. The normalized spacial score (nSPS) is 12.3. The SMILES string of the molecule is CCN(Cc1ccccc1)C(=O)c1ccc(Nc2ccc3c(c2)OCCO3)cn1. The van der Waals surface area contributed by atoms with Gasteiger partial charge in [0.15, 0.2) is 11.5 Å². The summed E-state index contributed by atoms with van der Waals surface area (Å²) in [6, 6.07) is 19.3. The van der Waals surface area contributed by atoms with Crippen molar-refractivity contribution in [1.82, 2.24) is 9.88 Å². The Morgan fingerprint density at radius 3 is 2.48 bits per heavy atom. The number of amides is 1. The van der Waals surface area contributed by atoms with Gasteiger partial charge >= 0.3 is 0 Å². The minimum atomic E-state index is -0.0813. The van der Waals surface area contributed by atoms with Gasteiger partial charge in [-0.3, -0.25) is 4.79 Å². The number of pyridine rings is 1. The Morgan fingerprint density at radius 2 is 1.76 bits per heavy atom. The molecule has 4 rings (SSSR count). The van der Waals surface area contributed by atoms with Crippen LogP contribution in [0.3, 0.4) is 0 Å². The molecule has 148 valence electrons. The number of nitrogens with zero attached hydrogens (tertiary/aromatic N) is 2. The molecule has 0 radical (unpaired) electrons. The van der Waals surface area contributed by atoms with Gasteiger partial charge in [0.05, 0.1) is 11.9 Å². The summed E-state index contributed by atoms with van der Waals surface area (Å²) in [4.78, 5) is 19.0. The van der Waals surface area contributed by atoms with E-state index in [0.29, 0.717) is 32.0 Å². The van der Waals surface area contributed by atoms with Crippen LogP contribution in [0.2, 0.25) is 0 Å². The van der Waals surface area contributed by atoms with E-state index in [1.54, 1.807) is 17.2 Å². The zero-order valence-electron chi connectivity index (χ0n) is 16.3. The van der Waals surface area contributed by atoms with E-state index in [2.05, 4.69) is 10.3 Å². The largest absolute Gasteiger partial charge is 0.486 e. The lowest BCUT2D eigenvalue weighted by Gasteiger charge is -2.21. The monoisotopic (exact) mass is 389 g/mol. The molecule has 6 nitrogen and oxygen atoms in total. The van der Waals surface area contributed by atoms with Crippen molar-refractivity contribution in [2.45, 2.75) is 13.5 Å². The number of carbonyl (C=O) groups excluding carboxylic acids is 1. The van der Waals surface area contributed by atoms with Gasteiger partial charge in [0.1, 0.15) is 18.9 Å². The number of hydrogen-bond acceptors (Lipinski definition) is 5. The number of nitrogens with one attached hydrogen (secondary N) is 1. The fourth-order valence-electron chi connectivity index (χ4n) is 3.18. The Hall–Kier alpha value is -3.54. The highest BCUT2D eigenvalue weighted by Crippen LogP contribution is 2.33. The molecule has 0 aliphatic carbocycles. The van der Waals surface area contributed by atoms with Gasteiger partial charge in [0.2, 0.25) is 0 Å². The predicted molar refractivity (Wildman–Crippen MR) is 112 cm³/mol. The molecule has 2 heterocycles. The molecule has 3 aromatic rings. The van der Waals surface area contributed by atoms with E-state index in [9.17, 15) is 4.79 Å². The minimum Gasteiger partial charge on any atom is -0.486 e. The summed E-state index contributed by atoms with van der Waals surface area (Å²) in [6.07, 6.45) is 1.67. The second-order valence-electron chi connectivity index (χ2n) is 6.72. The molecule has 0 fully saturated rings. The zero-order valence-corrected chi connectivity index (χ0v) is 16.3. The molecule has 6 heteroatoms. The quantitative estimate of drug-likeness (QED) is 0.683. The first kappa shape index (κ1) is 18.8. The number of hydrogen-bond donors (Lipinski definition) is 1. The smallest absolute Gasteiger partial charge is 0.272 e. The fourth-order valence-corrected chi connectivity index (χ4v) is 3.18. The molecule has 0 bridgehead atoms. The van der Waals surface area contributed by atoms with Gasteiger partial charge in [-0.25, -0.2) is 4.98 Å². The van der Waals surface area contributed by atoms with Crippen molar-refractivity contribution in [3.05, 3.63) is 78.1 Å². The average molecular weight is 389 g/mol. The molecule has 1 aliphatic rings. The Bertz CT molecular complexity index is 974. The number of benzene rings is 2. The summed E-state index contributed by atoms with van der Waals surface area (Å²) in [6.45, 7) is 4.27. The molecular weight excluding hydrogens is 366 g/mol. The summed E-state index contributed by atoms with van der Waals surface area (Å²) >= 11 is 0. The number of anilines is 2. The van der Waals surface area contributed by atoms with Crippen LogP contribution in [-0.2, 0) is 6.54 Å². The van der Waals surface area contributed by atoms with Crippen molar-refractivity contribution in [2.24, 2.45) is 0 Å². The molecule has 2 aromatic carbocycles. The topological polar surface area (TPSA) is 63.7 Å². The maximum absolute atomic E-state index is 12.8. The van der Waals surface area contributed by atoms with Crippen molar-refractivity contribution in [3.63, 3.8) is 0 Å². The van der Waals surface area contributed by atoms with Crippen molar-refractivity contribution < 1.29 is 14.3 Å². The average Bonchev–Trinajstić information content (AvgIpc) is 2.78. The standard InChI is InChI=1S/C23H23N3O3/c1-2-26(16-17-6-4-3-5-7-17)23(27)20-10-8-19(15-24-20)25-18-9-11-21-22(14-18)29-13-12-28-21/h3-11,14-15,25H,2,12-13,16H2,1H3. The van der Waals surface area contributed by atoms with E-state index in [1.165, 1.54) is 0 Å². The Morgan fingerprint density at radius 1 is 1.00 bits per heavy atom. The Kier molecular flexibility index (Phi) is 5.61. The van der Waals surface area contributed by atoms with E-state index in [0.717, 1.165) is 28.4 Å². The van der Waals surface area contributed by atoms with Crippen molar-refractivity contribution in [2.75, 3.05) is 25.1 Å². The molecule has 0 spiro atoms. The first-order valence-electron chi connectivity index (χ1n) is 9.69. The van der Waals surface area contributed by atoms with E-state index >= 15 is 0 Å². The van der Waals surface area contributed by atoms with Crippen molar-refractivity contribution >= 4 is 17.3 Å². The molecular formula is C23H23N3O3. The van der Waals surface area contributed by atoms with Crippen LogP contribution in [0.25, 0.3) is 0 Å². The molecule has 0 atom stereocenters. The van der Waals surface area contributed by atoms with Crippen LogP contribution in [0.5, 0.6) is 11.5 Å². The van der Waals surface area contributed by atoms with Crippen LogP contribution in [0.1, 0.15) is 23.0 Å². The number of ether oxygens (including phenoxy) is 2. The maximum atomic E-state index is 12.8. The summed E-state index contributed by atoms with van der Waals surface area (Å²) in [5.41, 5.74) is 3.19. The molecule has 1 amide bonds. The van der Waals surface area contributed by atoms with E-state index < -0.39 is 0 Å². The van der Waals surface area contributed by atoms with Crippen LogP contribution in [0.15, 0.2) is 66.9 Å². The van der Waals surface area contributed by atoms with Gasteiger partial charge in [-0.05, 0) is 36.8 Å². The molecule has 0 saturated heterocycles. The number of carbonyl (C=O) groups is 1. The van der Waals surface area contributed by atoms with Crippen LogP contribution in [0, 0.1) is 0 Å². The van der Waals surface area contributed by atoms with Crippen molar-refractivity contribution in [1.29, 1.82) is 0 Å². The summed E-state index contributed by atoms with van der Waals surface area (Å²) in [7, 11) is 0. The summed E-state index contributed by atoms with van der Waals surface area (Å²) in [5.74, 6) is 1.39. The molecule has 0 saturated carbocycles. The lowest BCUT2D eigenvalue weighted by atomic mass is 10.2. The highest BCUT2D eigenvalue weighted by Gasteiger charge is 2.16. The molecule has 1 aromatic heterocycles. The third-order valence-corrected chi connectivity index (χ3v) is 4.70. The first-order valence-corrected chi connectivity index (χ1v) is 9.69. The lowest BCUT2D eigenvalue weighted by molar-refractivity contribution is 0.0746. The third-order valence-electron chi connectivity index (χ3n) is 4.70. The number of aromatic nitrogens is 1. The predicted octanol–water partition coefficient (Wildman–Crippen LogP) is 4.26. The summed E-state index contributed by atoms with van der Waals surface area (Å²) in [5, 5.41) is 3.28. The Labute approximate surface area is 170 Å². The highest BCUT2D eigenvalue weighted by molar-refractivity contribution is 5.92.